The highest BCUT2D eigenvalue weighted by Gasteiger charge is 2.11. The second-order valence-corrected chi connectivity index (χ2v) is 4.61. The Morgan fingerprint density at radius 1 is 1.27 bits per heavy atom. The summed E-state index contributed by atoms with van der Waals surface area (Å²) in [6, 6.07) is 6.79. The van der Waals surface area contributed by atoms with Crippen LogP contribution in [0.4, 0.5) is 0 Å². The summed E-state index contributed by atoms with van der Waals surface area (Å²) in [5, 5.41) is 0. The number of benzene rings is 1. The van der Waals surface area contributed by atoms with Crippen molar-refractivity contribution in [3.05, 3.63) is 34.9 Å². The summed E-state index contributed by atoms with van der Waals surface area (Å²) in [6.45, 7) is 9.60. The number of hydrogen-bond acceptors (Lipinski definition) is 1. The van der Waals surface area contributed by atoms with Crippen molar-refractivity contribution in [1.29, 1.82) is 0 Å². The molecule has 0 aromatic heterocycles. The predicted molar refractivity (Wildman–Crippen MR) is 67.4 cm³/mol. The second-order valence-electron chi connectivity index (χ2n) is 4.61. The van der Waals surface area contributed by atoms with Crippen LogP contribution >= 0.6 is 0 Å². The molecule has 0 spiro atoms. The maximum absolute atomic E-state index is 5.81. The summed E-state index contributed by atoms with van der Waals surface area (Å²) in [6.07, 6.45) is 1.12. The third-order valence-electron chi connectivity index (χ3n) is 3.19. The van der Waals surface area contributed by atoms with Crippen LogP contribution < -0.4 is 5.73 Å². The molecule has 0 aliphatic rings. The average Bonchev–Trinajstić information content (AvgIpc) is 2.22. The number of hydrogen-bond donors (Lipinski definition) is 1. The van der Waals surface area contributed by atoms with Crippen LogP contribution in [0.15, 0.2) is 18.2 Å². The molecule has 1 atom stereocenters. The molecule has 1 unspecified atom stereocenters. The molecule has 1 rings (SSSR count). The van der Waals surface area contributed by atoms with Crippen LogP contribution in [0, 0.1) is 6.92 Å². The van der Waals surface area contributed by atoms with E-state index >= 15 is 0 Å². The Bertz CT molecular complexity index is 311. The Kier molecular flexibility index (Phi) is 4.34. The standard InChI is InChI=1S/C14H23N/c1-5-12(9-15)14-8-13(10(2)3)7-6-11(14)4/h6-8,10,12H,5,9,15H2,1-4H3. The Labute approximate surface area is 93.7 Å². The third-order valence-corrected chi connectivity index (χ3v) is 3.19. The van der Waals surface area contributed by atoms with Crippen molar-refractivity contribution in [2.45, 2.75) is 46.0 Å². The fourth-order valence-corrected chi connectivity index (χ4v) is 1.97. The van der Waals surface area contributed by atoms with Gasteiger partial charge in [0.25, 0.3) is 0 Å². The molecule has 1 heteroatoms. The van der Waals surface area contributed by atoms with Crippen LogP contribution in [0.5, 0.6) is 0 Å². The van der Waals surface area contributed by atoms with Crippen LogP contribution in [0.25, 0.3) is 0 Å². The van der Waals surface area contributed by atoms with Gasteiger partial charge in [0, 0.05) is 0 Å². The fraction of sp³-hybridized carbons (Fsp3) is 0.571. The minimum Gasteiger partial charge on any atom is -0.330 e. The van der Waals surface area contributed by atoms with Gasteiger partial charge in [0.1, 0.15) is 0 Å². The average molecular weight is 205 g/mol. The predicted octanol–water partition coefficient (Wildman–Crippen LogP) is 3.57. The van der Waals surface area contributed by atoms with Gasteiger partial charge in [0.15, 0.2) is 0 Å². The molecule has 1 nitrogen and oxygen atoms in total. The zero-order chi connectivity index (χ0) is 11.4. The van der Waals surface area contributed by atoms with E-state index in [-0.39, 0.29) is 0 Å². The summed E-state index contributed by atoms with van der Waals surface area (Å²) in [5.74, 6) is 1.11. The molecule has 0 aliphatic carbocycles. The number of nitrogens with two attached hydrogens (primary N) is 1. The molecule has 1 aromatic carbocycles. The van der Waals surface area contributed by atoms with Crippen molar-refractivity contribution in [3.8, 4) is 0 Å². The highest BCUT2D eigenvalue weighted by molar-refractivity contribution is 5.35. The lowest BCUT2D eigenvalue weighted by Gasteiger charge is -2.18. The summed E-state index contributed by atoms with van der Waals surface area (Å²) in [4.78, 5) is 0. The van der Waals surface area contributed by atoms with Crippen molar-refractivity contribution < 1.29 is 0 Å². The lowest BCUT2D eigenvalue weighted by Crippen LogP contribution is -2.13. The van der Waals surface area contributed by atoms with Crippen molar-refractivity contribution in [3.63, 3.8) is 0 Å². The maximum Gasteiger partial charge on any atom is -0.000824 e. The summed E-state index contributed by atoms with van der Waals surface area (Å²) < 4.78 is 0. The van der Waals surface area contributed by atoms with Gasteiger partial charge in [-0.3, -0.25) is 0 Å². The van der Waals surface area contributed by atoms with E-state index in [1.54, 1.807) is 0 Å². The Morgan fingerprint density at radius 3 is 2.40 bits per heavy atom. The summed E-state index contributed by atoms with van der Waals surface area (Å²) in [7, 11) is 0. The van der Waals surface area contributed by atoms with Crippen LogP contribution in [0.1, 0.15) is 55.7 Å². The number of rotatable bonds is 4. The molecule has 84 valence electrons. The molecule has 0 bridgehead atoms. The summed E-state index contributed by atoms with van der Waals surface area (Å²) in [5.41, 5.74) is 10.0. The van der Waals surface area contributed by atoms with E-state index in [4.69, 9.17) is 5.73 Å². The molecule has 0 saturated carbocycles. The lowest BCUT2D eigenvalue weighted by molar-refractivity contribution is 0.668. The Morgan fingerprint density at radius 2 is 1.93 bits per heavy atom. The van der Waals surface area contributed by atoms with Crippen molar-refractivity contribution >= 4 is 0 Å². The Balaban J connectivity index is 3.09. The minimum atomic E-state index is 0.517. The van der Waals surface area contributed by atoms with E-state index in [2.05, 4.69) is 45.9 Å². The lowest BCUT2D eigenvalue weighted by atomic mass is 9.89. The molecule has 0 amide bonds. The van der Waals surface area contributed by atoms with Gasteiger partial charge in [-0.2, -0.15) is 0 Å². The smallest absolute Gasteiger partial charge is 0.000824 e. The minimum absolute atomic E-state index is 0.517. The first kappa shape index (κ1) is 12.3. The van der Waals surface area contributed by atoms with Gasteiger partial charge in [-0.1, -0.05) is 39.0 Å². The quantitative estimate of drug-likeness (QED) is 0.799. The first-order chi connectivity index (χ1) is 7.10. The van der Waals surface area contributed by atoms with Crippen LogP contribution in [-0.4, -0.2) is 6.54 Å². The van der Waals surface area contributed by atoms with Crippen molar-refractivity contribution in [1.82, 2.24) is 0 Å². The van der Waals surface area contributed by atoms with E-state index in [9.17, 15) is 0 Å². The van der Waals surface area contributed by atoms with Crippen LogP contribution in [-0.2, 0) is 0 Å². The second kappa shape index (κ2) is 5.32. The van der Waals surface area contributed by atoms with E-state index in [0.29, 0.717) is 11.8 Å². The largest absolute Gasteiger partial charge is 0.330 e. The van der Waals surface area contributed by atoms with Gasteiger partial charge < -0.3 is 5.73 Å². The molecule has 0 saturated heterocycles. The maximum atomic E-state index is 5.81. The topological polar surface area (TPSA) is 26.0 Å². The van der Waals surface area contributed by atoms with E-state index < -0.39 is 0 Å². The van der Waals surface area contributed by atoms with Gasteiger partial charge >= 0.3 is 0 Å². The molecular formula is C14H23N. The van der Waals surface area contributed by atoms with E-state index in [1.807, 2.05) is 0 Å². The highest BCUT2D eigenvalue weighted by atomic mass is 14.5. The molecule has 1 aromatic rings. The molecule has 0 aliphatic heterocycles. The monoisotopic (exact) mass is 205 g/mol. The van der Waals surface area contributed by atoms with Crippen molar-refractivity contribution in [2.24, 2.45) is 5.73 Å². The molecule has 15 heavy (non-hydrogen) atoms. The zero-order valence-electron chi connectivity index (χ0n) is 10.4. The SMILES string of the molecule is CCC(CN)c1cc(C(C)C)ccc1C. The molecular weight excluding hydrogens is 182 g/mol. The van der Waals surface area contributed by atoms with Gasteiger partial charge in [-0.15, -0.1) is 0 Å². The number of aryl methyl sites for hydroxylation is 1. The van der Waals surface area contributed by atoms with Crippen LogP contribution in [0.3, 0.4) is 0 Å². The fourth-order valence-electron chi connectivity index (χ4n) is 1.97. The van der Waals surface area contributed by atoms with Gasteiger partial charge in [-0.25, -0.2) is 0 Å². The van der Waals surface area contributed by atoms with E-state index in [1.165, 1.54) is 16.7 Å². The molecule has 0 fully saturated rings. The highest BCUT2D eigenvalue weighted by Crippen LogP contribution is 2.26. The molecule has 2 N–H and O–H groups in total. The third kappa shape index (κ3) is 2.82. The zero-order valence-corrected chi connectivity index (χ0v) is 10.4. The van der Waals surface area contributed by atoms with Crippen LogP contribution in [0.2, 0.25) is 0 Å². The van der Waals surface area contributed by atoms with Gasteiger partial charge in [0.2, 0.25) is 0 Å². The van der Waals surface area contributed by atoms with Gasteiger partial charge in [-0.05, 0) is 48.4 Å². The normalized spacial score (nSPS) is 13.2. The Hall–Kier alpha value is -0.820. The first-order valence-corrected chi connectivity index (χ1v) is 5.90. The van der Waals surface area contributed by atoms with Gasteiger partial charge in [0.05, 0.1) is 0 Å². The van der Waals surface area contributed by atoms with Crippen molar-refractivity contribution in [2.75, 3.05) is 6.54 Å². The molecule has 0 heterocycles. The van der Waals surface area contributed by atoms with E-state index in [0.717, 1.165) is 13.0 Å². The summed E-state index contributed by atoms with van der Waals surface area (Å²) >= 11 is 0. The first-order valence-electron chi connectivity index (χ1n) is 5.90. The molecule has 0 radical (unpaired) electrons.